The highest BCUT2D eigenvalue weighted by Gasteiger charge is 2.00. The summed E-state index contributed by atoms with van der Waals surface area (Å²) in [5, 5.41) is 0. The van der Waals surface area contributed by atoms with E-state index in [-0.39, 0.29) is 0 Å². The normalized spacial score (nSPS) is 10.5. The van der Waals surface area contributed by atoms with Crippen molar-refractivity contribution in [2.45, 2.75) is 30.1 Å². The second kappa shape index (κ2) is 5.74. The lowest BCUT2D eigenvalue weighted by molar-refractivity contribution is 1.10. The van der Waals surface area contributed by atoms with Gasteiger partial charge >= 0.3 is 0 Å². The standard InChI is InChI=1S/C15H15BrS/c1-3-12-4-7-15(10-11(12)2)17-14-8-5-13(16)6-9-14/h4-10H,3H2,1-2H3. The first-order chi connectivity index (χ1) is 8.19. The smallest absolute Gasteiger partial charge is 0.0176 e. The van der Waals surface area contributed by atoms with Crippen LogP contribution in [0.1, 0.15) is 18.1 Å². The molecule has 0 fully saturated rings. The summed E-state index contributed by atoms with van der Waals surface area (Å²) < 4.78 is 1.12. The van der Waals surface area contributed by atoms with Crippen LogP contribution in [0.25, 0.3) is 0 Å². The van der Waals surface area contributed by atoms with Crippen molar-refractivity contribution in [3.63, 3.8) is 0 Å². The number of rotatable bonds is 3. The van der Waals surface area contributed by atoms with Crippen LogP contribution in [0.15, 0.2) is 56.7 Å². The third-order valence-electron chi connectivity index (χ3n) is 2.74. The molecule has 2 aromatic carbocycles. The highest BCUT2D eigenvalue weighted by Crippen LogP contribution is 2.29. The van der Waals surface area contributed by atoms with Gasteiger partial charge in [0.05, 0.1) is 0 Å². The molecule has 0 aliphatic carbocycles. The Hall–Kier alpha value is -0.730. The summed E-state index contributed by atoms with van der Waals surface area (Å²) in [6.07, 6.45) is 1.11. The molecule has 0 aromatic heterocycles. The number of halogens is 1. The average Bonchev–Trinajstić information content (AvgIpc) is 2.32. The molecule has 2 heteroatoms. The van der Waals surface area contributed by atoms with Gasteiger partial charge in [0.1, 0.15) is 0 Å². The molecule has 17 heavy (non-hydrogen) atoms. The van der Waals surface area contributed by atoms with Gasteiger partial charge in [0.15, 0.2) is 0 Å². The highest BCUT2D eigenvalue weighted by atomic mass is 79.9. The fraction of sp³-hybridized carbons (Fsp3) is 0.200. The molecule has 2 rings (SSSR count). The quantitative estimate of drug-likeness (QED) is 0.724. The molecule has 0 spiro atoms. The zero-order valence-electron chi connectivity index (χ0n) is 10.0. The van der Waals surface area contributed by atoms with Crippen LogP contribution in [0.4, 0.5) is 0 Å². The molecule has 0 amide bonds. The van der Waals surface area contributed by atoms with Crippen molar-refractivity contribution < 1.29 is 0 Å². The van der Waals surface area contributed by atoms with Gasteiger partial charge in [-0.2, -0.15) is 0 Å². The van der Waals surface area contributed by atoms with Crippen molar-refractivity contribution in [2.24, 2.45) is 0 Å². The Morgan fingerprint density at radius 3 is 2.24 bits per heavy atom. The molecule has 0 nitrogen and oxygen atoms in total. The second-order valence-electron chi connectivity index (χ2n) is 4.00. The van der Waals surface area contributed by atoms with E-state index in [4.69, 9.17) is 0 Å². The van der Waals surface area contributed by atoms with Crippen LogP contribution in [0.3, 0.4) is 0 Å². The maximum atomic E-state index is 3.45. The summed E-state index contributed by atoms with van der Waals surface area (Å²) in [5.74, 6) is 0. The van der Waals surface area contributed by atoms with E-state index < -0.39 is 0 Å². The zero-order chi connectivity index (χ0) is 12.3. The Bertz CT molecular complexity index is 503. The SMILES string of the molecule is CCc1ccc(Sc2ccc(Br)cc2)cc1C. The van der Waals surface area contributed by atoms with Crippen LogP contribution in [-0.2, 0) is 6.42 Å². The van der Waals surface area contributed by atoms with Gasteiger partial charge in [0.2, 0.25) is 0 Å². The minimum absolute atomic E-state index is 1.11. The van der Waals surface area contributed by atoms with Crippen molar-refractivity contribution in [2.75, 3.05) is 0 Å². The lowest BCUT2D eigenvalue weighted by Crippen LogP contribution is -1.86. The predicted octanol–water partition coefficient (Wildman–Crippen LogP) is 5.47. The predicted molar refractivity (Wildman–Crippen MR) is 78.8 cm³/mol. The summed E-state index contributed by atoms with van der Waals surface area (Å²) in [4.78, 5) is 2.58. The van der Waals surface area contributed by atoms with Crippen LogP contribution in [0.2, 0.25) is 0 Å². The van der Waals surface area contributed by atoms with Gasteiger partial charge in [-0.1, -0.05) is 40.7 Å². The highest BCUT2D eigenvalue weighted by molar-refractivity contribution is 9.10. The van der Waals surface area contributed by atoms with Crippen molar-refractivity contribution in [1.29, 1.82) is 0 Å². The topological polar surface area (TPSA) is 0 Å². The van der Waals surface area contributed by atoms with Crippen LogP contribution in [-0.4, -0.2) is 0 Å². The molecule has 0 radical (unpaired) electrons. The first-order valence-electron chi connectivity index (χ1n) is 5.72. The van der Waals surface area contributed by atoms with Crippen molar-refractivity contribution in [3.8, 4) is 0 Å². The van der Waals surface area contributed by atoms with E-state index in [1.54, 1.807) is 0 Å². The molecule has 0 N–H and O–H groups in total. The largest absolute Gasteiger partial charge is 0.0901 e. The van der Waals surface area contributed by atoms with E-state index in [0.29, 0.717) is 0 Å². The van der Waals surface area contributed by atoms with Crippen molar-refractivity contribution in [1.82, 2.24) is 0 Å². The van der Waals surface area contributed by atoms with E-state index in [2.05, 4.69) is 72.2 Å². The summed E-state index contributed by atoms with van der Waals surface area (Å²) in [7, 11) is 0. The fourth-order valence-electron chi connectivity index (χ4n) is 1.77. The molecule has 0 atom stereocenters. The third-order valence-corrected chi connectivity index (χ3v) is 4.27. The Balaban J connectivity index is 2.19. The molecular formula is C15H15BrS. The van der Waals surface area contributed by atoms with E-state index in [9.17, 15) is 0 Å². The maximum absolute atomic E-state index is 3.45. The Morgan fingerprint density at radius 1 is 1.00 bits per heavy atom. The van der Waals surface area contributed by atoms with E-state index in [1.807, 2.05) is 11.8 Å². The molecule has 0 saturated heterocycles. The summed E-state index contributed by atoms with van der Waals surface area (Å²) in [5.41, 5.74) is 2.82. The van der Waals surface area contributed by atoms with Gasteiger partial charge in [-0.25, -0.2) is 0 Å². The minimum atomic E-state index is 1.11. The molecule has 0 aliphatic rings. The summed E-state index contributed by atoms with van der Waals surface area (Å²) >= 11 is 5.26. The van der Waals surface area contributed by atoms with Crippen molar-refractivity contribution >= 4 is 27.7 Å². The van der Waals surface area contributed by atoms with Gasteiger partial charge in [0, 0.05) is 14.3 Å². The molecular weight excluding hydrogens is 292 g/mol. The first kappa shape index (κ1) is 12.7. The van der Waals surface area contributed by atoms with Crippen LogP contribution >= 0.6 is 27.7 Å². The molecule has 0 unspecified atom stereocenters. The molecule has 0 heterocycles. The summed E-state index contributed by atoms with van der Waals surface area (Å²) in [6.45, 7) is 4.38. The van der Waals surface area contributed by atoms with Gasteiger partial charge < -0.3 is 0 Å². The van der Waals surface area contributed by atoms with Gasteiger partial charge in [-0.15, -0.1) is 0 Å². The Kier molecular flexibility index (Phi) is 4.30. The van der Waals surface area contributed by atoms with Crippen molar-refractivity contribution in [3.05, 3.63) is 58.1 Å². The summed E-state index contributed by atoms with van der Waals surface area (Å²) in [6, 6.07) is 15.1. The molecule has 2 aromatic rings. The zero-order valence-corrected chi connectivity index (χ0v) is 12.4. The van der Waals surface area contributed by atoms with E-state index >= 15 is 0 Å². The number of hydrogen-bond acceptors (Lipinski definition) is 1. The Morgan fingerprint density at radius 2 is 1.65 bits per heavy atom. The lowest BCUT2D eigenvalue weighted by Gasteiger charge is -2.06. The fourth-order valence-corrected chi connectivity index (χ4v) is 2.95. The first-order valence-corrected chi connectivity index (χ1v) is 7.33. The van der Waals surface area contributed by atoms with E-state index in [1.165, 1.54) is 20.9 Å². The van der Waals surface area contributed by atoms with Gasteiger partial charge in [-0.05, 0) is 60.9 Å². The third kappa shape index (κ3) is 3.36. The number of benzene rings is 2. The van der Waals surface area contributed by atoms with Crippen LogP contribution in [0, 0.1) is 6.92 Å². The van der Waals surface area contributed by atoms with Gasteiger partial charge in [-0.3, -0.25) is 0 Å². The van der Waals surface area contributed by atoms with Gasteiger partial charge in [0.25, 0.3) is 0 Å². The maximum Gasteiger partial charge on any atom is 0.0176 e. The molecule has 0 bridgehead atoms. The monoisotopic (exact) mass is 306 g/mol. The van der Waals surface area contributed by atoms with Crippen LogP contribution in [0.5, 0.6) is 0 Å². The lowest BCUT2D eigenvalue weighted by atomic mass is 10.1. The number of hydrogen-bond donors (Lipinski definition) is 0. The van der Waals surface area contributed by atoms with Crippen LogP contribution < -0.4 is 0 Å². The van der Waals surface area contributed by atoms with E-state index in [0.717, 1.165) is 10.9 Å². The average molecular weight is 307 g/mol. The minimum Gasteiger partial charge on any atom is -0.0901 e. The number of aryl methyl sites for hydroxylation is 2. The molecule has 0 saturated carbocycles. The molecule has 88 valence electrons. The second-order valence-corrected chi connectivity index (χ2v) is 6.06. The molecule has 0 aliphatic heterocycles. The Labute approximate surface area is 116 Å².